The van der Waals surface area contributed by atoms with Gasteiger partial charge in [-0.05, 0) is 80.0 Å². The summed E-state index contributed by atoms with van der Waals surface area (Å²) in [6.45, 7) is 5.20. The molecule has 3 saturated heterocycles. The fourth-order valence-electron chi connectivity index (χ4n) is 5.26. The van der Waals surface area contributed by atoms with E-state index >= 15 is 0 Å². The van der Waals surface area contributed by atoms with Gasteiger partial charge in [0.05, 0.1) is 5.92 Å². The zero-order chi connectivity index (χ0) is 28.2. The maximum Gasteiger partial charge on any atom is 0.391 e. The molecule has 0 aliphatic carbocycles. The molecule has 212 valence electrons. The van der Waals surface area contributed by atoms with E-state index in [1.807, 2.05) is 24.1 Å². The van der Waals surface area contributed by atoms with E-state index in [0.717, 1.165) is 49.2 Å². The lowest BCUT2D eigenvalue weighted by molar-refractivity contribution is -0.183. The number of hydrazine groups is 1. The second-order valence-corrected chi connectivity index (χ2v) is 11.2. The van der Waals surface area contributed by atoms with Crippen molar-refractivity contribution in [2.24, 2.45) is 5.92 Å². The molecule has 3 aliphatic rings. The molecule has 10 heteroatoms. The van der Waals surface area contributed by atoms with Crippen molar-refractivity contribution in [1.29, 1.82) is 0 Å². The highest BCUT2D eigenvalue weighted by Crippen LogP contribution is 2.35. The average molecular weight is 585 g/mol. The Kier molecular flexibility index (Phi) is 9.83. The normalized spacial score (nSPS) is 19.2. The highest BCUT2D eigenvalue weighted by molar-refractivity contribution is 6.36. The fourth-order valence-corrected chi connectivity index (χ4v) is 5.75. The Hall–Kier alpha value is -2.29. The molecular weight excluding hydrogens is 550 g/mol. The third-order valence-corrected chi connectivity index (χ3v) is 8.50. The second kappa shape index (κ2) is 12.9. The van der Waals surface area contributed by atoms with Crippen LogP contribution in [0.25, 0.3) is 11.1 Å². The molecule has 5 nitrogen and oxygen atoms in total. The lowest BCUT2D eigenvalue weighted by Crippen LogP contribution is -2.46. The van der Waals surface area contributed by atoms with Gasteiger partial charge in [0, 0.05) is 54.8 Å². The lowest BCUT2D eigenvalue weighted by Gasteiger charge is -2.34. The number of rotatable bonds is 3. The third kappa shape index (κ3) is 7.47. The van der Waals surface area contributed by atoms with Gasteiger partial charge in [0.2, 0.25) is 5.91 Å². The summed E-state index contributed by atoms with van der Waals surface area (Å²) < 4.78 is 38.3. The van der Waals surface area contributed by atoms with Gasteiger partial charge in [0.15, 0.2) is 0 Å². The SMILES string of the molecule is Cc1c(Cl)cc(-c2ccc(C(=O)N3CCC(C(F)(F)F)CC3)cc2)cc1Cl.O=C1CCCN1N1CCCCC1. The number of carbonyl (C=O) groups is 2. The quantitative estimate of drug-likeness (QED) is 0.378. The molecular formula is C29H34Cl2F3N3O2. The number of hydrogen-bond donors (Lipinski definition) is 0. The van der Waals surface area contributed by atoms with Crippen LogP contribution in [0.5, 0.6) is 0 Å². The van der Waals surface area contributed by atoms with Crippen LogP contribution in [0.1, 0.15) is 60.9 Å². The monoisotopic (exact) mass is 583 g/mol. The molecule has 39 heavy (non-hydrogen) atoms. The molecule has 2 amide bonds. The Bertz CT molecular complexity index is 1140. The lowest BCUT2D eigenvalue weighted by atomic mass is 9.95. The molecule has 0 spiro atoms. The molecule has 2 aromatic carbocycles. The van der Waals surface area contributed by atoms with E-state index in [-0.39, 0.29) is 31.8 Å². The molecule has 0 atom stereocenters. The third-order valence-electron chi connectivity index (χ3n) is 7.71. The van der Waals surface area contributed by atoms with Crippen LogP contribution in [0.4, 0.5) is 13.2 Å². The van der Waals surface area contributed by atoms with Gasteiger partial charge in [0.1, 0.15) is 0 Å². The number of hydrogen-bond acceptors (Lipinski definition) is 3. The molecule has 0 saturated carbocycles. The second-order valence-electron chi connectivity index (χ2n) is 10.4. The van der Waals surface area contributed by atoms with Crippen molar-refractivity contribution in [3.63, 3.8) is 0 Å². The van der Waals surface area contributed by atoms with Crippen molar-refractivity contribution < 1.29 is 22.8 Å². The van der Waals surface area contributed by atoms with Crippen molar-refractivity contribution in [2.45, 2.75) is 58.0 Å². The number of benzene rings is 2. The van der Waals surface area contributed by atoms with Crippen molar-refractivity contribution in [1.82, 2.24) is 14.9 Å². The average Bonchev–Trinajstić information content (AvgIpc) is 3.37. The number of amides is 2. The number of halogens is 5. The van der Waals surface area contributed by atoms with Crippen LogP contribution >= 0.6 is 23.2 Å². The number of alkyl halides is 3. The summed E-state index contributed by atoms with van der Waals surface area (Å²) in [5.74, 6) is -1.24. The first-order valence-electron chi connectivity index (χ1n) is 13.5. The number of nitrogens with zero attached hydrogens (tertiary/aromatic N) is 3. The van der Waals surface area contributed by atoms with Crippen LogP contribution in [0.15, 0.2) is 36.4 Å². The van der Waals surface area contributed by atoms with Crippen LogP contribution in [-0.2, 0) is 4.79 Å². The van der Waals surface area contributed by atoms with E-state index in [4.69, 9.17) is 23.2 Å². The Balaban J connectivity index is 0.000000243. The number of carbonyl (C=O) groups excluding carboxylic acids is 2. The van der Waals surface area contributed by atoms with Crippen LogP contribution in [0.3, 0.4) is 0 Å². The van der Waals surface area contributed by atoms with Gasteiger partial charge in [-0.3, -0.25) is 14.6 Å². The van der Waals surface area contributed by atoms with Crippen LogP contribution in [0.2, 0.25) is 10.0 Å². The first-order valence-corrected chi connectivity index (χ1v) is 14.3. The maximum absolute atomic E-state index is 12.8. The molecule has 0 N–H and O–H groups in total. The topological polar surface area (TPSA) is 43.9 Å². The van der Waals surface area contributed by atoms with Gasteiger partial charge in [-0.15, -0.1) is 0 Å². The van der Waals surface area contributed by atoms with E-state index in [9.17, 15) is 22.8 Å². The van der Waals surface area contributed by atoms with E-state index in [2.05, 4.69) is 5.01 Å². The minimum Gasteiger partial charge on any atom is -0.339 e. The summed E-state index contributed by atoms with van der Waals surface area (Å²) in [4.78, 5) is 25.4. The highest BCUT2D eigenvalue weighted by atomic mass is 35.5. The molecule has 0 unspecified atom stereocenters. The first-order chi connectivity index (χ1) is 18.5. The molecule has 0 radical (unpaired) electrons. The minimum atomic E-state index is -4.19. The zero-order valence-electron chi connectivity index (χ0n) is 22.1. The molecule has 3 heterocycles. The van der Waals surface area contributed by atoms with Gasteiger partial charge in [-0.1, -0.05) is 41.8 Å². The predicted octanol–water partition coefficient (Wildman–Crippen LogP) is 7.39. The Morgan fingerprint density at radius 2 is 1.44 bits per heavy atom. The van der Waals surface area contributed by atoms with Gasteiger partial charge in [-0.25, -0.2) is 5.01 Å². The van der Waals surface area contributed by atoms with Crippen LogP contribution < -0.4 is 0 Å². The van der Waals surface area contributed by atoms with E-state index < -0.39 is 12.1 Å². The summed E-state index contributed by atoms with van der Waals surface area (Å²) in [6.07, 6.45) is 1.37. The maximum atomic E-state index is 12.8. The van der Waals surface area contributed by atoms with E-state index in [0.29, 0.717) is 21.5 Å². The van der Waals surface area contributed by atoms with Crippen LogP contribution in [0, 0.1) is 12.8 Å². The Morgan fingerprint density at radius 1 is 0.846 bits per heavy atom. The summed E-state index contributed by atoms with van der Waals surface area (Å²) in [7, 11) is 0. The Labute approximate surface area is 237 Å². The van der Waals surface area contributed by atoms with Gasteiger partial charge in [0.25, 0.3) is 5.91 Å². The van der Waals surface area contributed by atoms with Gasteiger partial charge < -0.3 is 4.90 Å². The largest absolute Gasteiger partial charge is 0.391 e. The summed E-state index contributed by atoms with van der Waals surface area (Å²) >= 11 is 12.3. The molecule has 5 rings (SSSR count). The van der Waals surface area contributed by atoms with Crippen molar-refractivity contribution in [2.75, 3.05) is 32.7 Å². The molecule has 3 fully saturated rings. The molecule has 0 aromatic heterocycles. The van der Waals surface area contributed by atoms with E-state index in [1.54, 1.807) is 24.3 Å². The number of piperidine rings is 2. The van der Waals surface area contributed by atoms with Crippen LogP contribution in [-0.4, -0.2) is 65.6 Å². The van der Waals surface area contributed by atoms with Gasteiger partial charge in [-0.2, -0.15) is 13.2 Å². The molecule has 2 aromatic rings. The van der Waals surface area contributed by atoms with Crippen molar-refractivity contribution >= 4 is 35.0 Å². The summed E-state index contributed by atoms with van der Waals surface area (Å²) in [5, 5.41) is 5.31. The fraction of sp³-hybridized carbons (Fsp3) is 0.517. The van der Waals surface area contributed by atoms with Crippen molar-refractivity contribution in [3.05, 3.63) is 57.6 Å². The molecule has 0 bridgehead atoms. The standard InChI is InChI=1S/C20H18Cl2F3NO.C9H16N2O/c1-12-17(21)10-15(11-18(12)22)13-2-4-14(5-3-13)19(27)26-8-6-16(7-9-26)20(23,24)25;12-9-5-4-8-11(9)10-6-2-1-3-7-10/h2-5,10-11,16H,6-9H2,1H3;1-8H2. The molecule has 3 aliphatic heterocycles. The smallest absolute Gasteiger partial charge is 0.339 e. The first kappa shape index (κ1) is 29.7. The number of likely N-dealkylation sites (tertiary alicyclic amines) is 1. The highest BCUT2D eigenvalue weighted by Gasteiger charge is 2.41. The predicted molar refractivity (Wildman–Crippen MR) is 148 cm³/mol. The van der Waals surface area contributed by atoms with E-state index in [1.165, 1.54) is 24.2 Å². The van der Waals surface area contributed by atoms with Crippen molar-refractivity contribution in [3.8, 4) is 11.1 Å². The zero-order valence-corrected chi connectivity index (χ0v) is 23.6. The Morgan fingerprint density at radius 3 is 1.95 bits per heavy atom. The summed E-state index contributed by atoms with van der Waals surface area (Å²) in [6, 6.07) is 10.5. The van der Waals surface area contributed by atoms with Gasteiger partial charge >= 0.3 is 6.18 Å². The summed E-state index contributed by atoms with van der Waals surface area (Å²) in [5.41, 5.74) is 2.94. The minimum absolute atomic E-state index is 0.0479.